The van der Waals surface area contributed by atoms with E-state index in [4.69, 9.17) is 5.11 Å². The summed E-state index contributed by atoms with van der Waals surface area (Å²) >= 11 is 0. The highest BCUT2D eigenvalue weighted by atomic mass is 16.4. The lowest BCUT2D eigenvalue weighted by Crippen LogP contribution is -2.52. The molecule has 20 heavy (non-hydrogen) atoms. The molecule has 0 aromatic heterocycles. The van der Waals surface area contributed by atoms with Gasteiger partial charge in [-0.3, -0.25) is 0 Å². The van der Waals surface area contributed by atoms with E-state index in [1.54, 1.807) is 12.1 Å². The second kappa shape index (κ2) is 7.41. The standard InChI is InChI=1S/C16H24N2O2/c1-2-4-13(15-11-17-7-8-18-15)9-12-5-3-6-14(10-12)16(19)20/h3,5-6,10,13,15,17-18H,2,4,7-9,11H2,1H3,(H,19,20). The summed E-state index contributed by atoms with van der Waals surface area (Å²) in [6.45, 7) is 5.25. The minimum atomic E-state index is -0.851. The highest BCUT2D eigenvalue weighted by Gasteiger charge is 2.22. The number of carboxylic acids is 1. The molecule has 0 amide bonds. The van der Waals surface area contributed by atoms with Crippen LogP contribution in [-0.4, -0.2) is 36.8 Å². The number of hydrogen-bond acceptors (Lipinski definition) is 3. The Morgan fingerprint density at radius 2 is 2.30 bits per heavy atom. The Labute approximate surface area is 120 Å². The van der Waals surface area contributed by atoms with Crippen molar-refractivity contribution in [2.75, 3.05) is 19.6 Å². The van der Waals surface area contributed by atoms with Gasteiger partial charge in [-0.2, -0.15) is 0 Å². The molecule has 1 saturated heterocycles. The summed E-state index contributed by atoms with van der Waals surface area (Å²) in [5, 5.41) is 16.1. The number of nitrogens with one attached hydrogen (secondary N) is 2. The number of piperazine rings is 1. The molecule has 1 aromatic carbocycles. The van der Waals surface area contributed by atoms with Crippen LogP contribution in [0, 0.1) is 5.92 Å². The van der Waals surface area contributed by atoms with Crippen LogP contribution in [0.1, 0.15) is 35.7 Å². The topological polar surface area (TPSA) is 61.4 Å². The lowest BCUT2D eigenvalue weighted by atomic mass is 9.87. The maximum absolute atomic E-state index is 11.0. The van der Waals surface area contributed by atoms with E-state index in [1.807, 2.05) is 12.1 Å². The zero-order chi connectivity index (χ0) is 14.4. The molecule has 4 nitrogen and oxygen atoms in total. The van der Waals surface area contributed by atoms with Crippen LogP contribution in [0.5, 0.6) is 0 Å². The maximum atomic E-state index is 11.0. The molecule has 110 valence electrons. The molecule has 1 aliphatic rings. The molecule has 1 aliphatic heterocycles. The average Bonchev–Trinajstić information content (AvgIpc) is 2.48. The minimum absolute atomic E-state index is 0.382. The van der Waals surface area contributed by atoms with Gasteiger partial charge in [0.25, 0.3) is 0 Å². The van der Waals surface area contributed by atoms with Crippen molar-refractivity contribution < 1.29 is 9.90 Å². The molecular weight excluding hydrogens is 252 g/mol. The molecule has 4 heteroatoms. The first-order valence-corrected chi connectivity index (χ1v) is 7.47. The molecule has 0 radical (unpaired) electrons. The third-order valence-electron chi connectivity index (χ3n) is 3.97. The van der Waals surface area contributed by atoms with Gasteiger partial charge in [-0.25, -0.2) is 4.79 Å². The third-order valence-corrected chi connectivity index (χ3v) is 3.97. The van der Waals surface area contributed by atoms with Gasteiger partial charge in [0.15, 0.2) is 0 Å². The Morgan fingerprint density at radius 3 is 2.95 bits per heavy atom. The van der Waals surface area contributed by atoms with Crippen LogP contribution in [0.3, 0.4) is 0 Å². The fourth-order valence-electron chi connectivity index (χ4n) is 2.96. The van der Waals surface area contributed by atoms with Crippen LogP contribution < -0.4 is 10.6 Å². The fourth-order valence-corrected chi connectivity index (χ4v) is 2.96. The van der Waals surface area contributed by atoms with E-state index in [-0.39, 0.29) is 0 Å². The molecule has 0 spiro atoms. The summed E-state index contributed by atoms with van der Waals surface area (Å²) in [6, 6.07) is 7.82. The van der Waals surface area contributed by atoms with Crippen LogP contribution in [0.25, 0.3) is 0 Å². The highest BCUT2D eigenvalue weighted by molar-refractivity contribution is 5.87. The monoisotopic (exact) mass is 276 g/mol. The lowest BCUT2D eigenvalue weighted by molar-refractivity contribution is 0.0696. The van der Waals surface area contributed by atoms with Crippen molar-refractivity contribution in [2.45, 2.75) is 32.2 Å². The average molecular weight is 276 g/mol. The Hall–Kier alpha value is -1.39. The molecule has 3 N–H and O–H groups in total. The predicted molar refractivity (Wildman–Crippen MR) is 80.2 cm³/mol. The summed E-state index contributed by atoms with van der Waals surface area (Å²) in [5.74, 6) is -0.298. The van der Waals surface area contributed by atoms with E-state index in [0.29, 0.717) is 17.5 Å². The Kier molecular flexibility index (Phi) is 5.56. The molecule has 2 atom stereocenters. The van der Waals surface area contributed by atoms with Gasteiger partial charge in [0.2, 0.25) is 0 Å². The number of rotatable bonds is 6. The normalized spacial score (nSPS) is 20.6. The van der Waals surface area contributed by atoms with E-state index in [9.17, 15) is 4.79 Å². The molecule has 0 aliphatic carbocycles. The van der Waals surface area contributed by atoms with Crippen molar-refractivity contribution in [2.24, 2.45) is 5.92 Å². The molecule has 1 fully saturated rings. The molecule has 2 rings (SSSR count). The first-order valence-electron chi connectivity index (χ1n) is 7.47. The zero-order valence-electron chi connectivity index (χ0n) is 12.1. The van der Waals surface area contributed by atoms with Crippen molar-refractivity contribution >= 4 is 5.97 Å². The minimum Gasteiger partial charge on any atom is -0.478 e. The summed E-state index contributed by atoms with van der Waals surface area (Å²) in [6.07, 6.45) is 3.26. The van der Waals surface area contributed by atoms with Crippen molar-refractivity contribution in [3.8, 4) is 0 Å². The molecule has 2 unspecified atom stereocenters. The smallest absolute Gasteiger partial charge is 0.335 e. The summed E-state index contributed by atoms with van der Waals surface area (Å²) in [7, 11) is 0. The molecule has 0 saturated carbocycles. The van der Waals surface area contributed by atoms with E-state index in [1.165, 1.54) is 0 Å². The second-order valence-corrected chi connectivity index (χ2v) is 5.52. The van der Waals surface area contributed by atoms with Crippen LogP contribution in [-0.2, 0) is 6.42 Å². The fraction of sp³-hybridized carbons (Fsp3) is 0.562. The first kappa shape index (κ1) is 15.0. The SMILES string of the molecule is CCCC(Cc1cccc(C(=O)O)c1)C1CNCCN1. The maximum Gasteiger partial charge on any atom is 0.335 e. The van der Waals surface area contributed by atoms with Crippen LogP contribution >= 0.6 is 0 Å². The largest absolute Gasteiger partial charge is 0.478 e. The lowest BCUT2D eigenvalue weighted by Gasteiger charge is -2.32. The van der Waals surface area contributed by atoms with E-state index in [2.05, 4.69) is 17.6 Å². The van der Waals surface area contributed by atoms with E-state index >= 15 is 0 Å². The van der Waals surface area contributed by atoms with Crippen LogP contribution in [0.15, 0.2) is 24.3 Å². The number of hydrogen-bond donors (Lipinski definition) is 3. The number of aromatic carboxylic acids is 1. The molecular formula is C16H24N2O2. The van der Waals surface area contributed by atoms with Gasteiger partial charge in [0.1, 0.15) is 0 Å². The highest BCUT2D eigenvalue weighted by Crippen LogP contribution is 2.19. The Bertz CT molecular complexity index is 442. The number of carboxylic acid groups (broad SMARTS) is 1. The van der Waals surface area contributed by atoms with Gasteiger partial charge in [-0.1, -0.05) is 25.5 Å². The summed E-state index contributed by atoms with van der Waals surface area (Å²) < 4.78 is 0. The van der Waals surface area contributed by atoms with Crippen molar-refractivity contribution in [1.82, 2.24) is 10.6 Å². The van der Waals surface area contributed by atoms with Gasteiger partial charge < -0.3 is 15.7 Å². The van der Waals surface area contributed by atoms with Crippen LogP contribution in [0.2, 0.25) is 0 Å². The number of carbonyl (C=O) groups is 1. The van der Waals surface area contributed by atoms with Gasteiger partial charge in [0.05, 0.1) is 5.56 Å². The first-order chi connectivity index (χ1) is 9.70. The molecule has 1 aromatic rings. The molecule has 1 heterocycles. The van der Waals surface area contributed by atoms with Crippen molar-refractivity contribution in [1.29, 1.82) is 0 Å². The predicted octanol–water partition coefficient (Wildman–Crippen LogP) is 1.91. The van der Waals surface area contributed by atoms with E-state index < -0.39 is 5.97 Å². The zero-order valence-corrected chi connectivity index (χ0v) is 12.1. The molecule has 0 bridgehead atoms. The summed E-state index contributed by atoms with van der Waals surface area (Å²) in [4.78, 5) is 11.0. The van der Waals surface area contributed by atoms with Crippen LogP contribution in [0.4, 0.5) is 0 Å². The van der Waals surface area contributed by atoms with Gasteiger partial charge in [0, 0.05) is 25.7 Å². The van der Waals surface area contributed by atoms with Gasteiger partial charge in [-0.15, -0.1) is 0 Å². The van der Waals surface area contributed by atoms with Gasteiger partial charge in [-0.05, 0) is 36.5 Å². The Balaban J connectivity index is 2.06. The van der Waals surface area contributed by atoms with Gasteiger partial charge >= 0.3 is 5.97 Å². The van der Waals surface area contributed by atoms with Crippen molar-refractivity contribution in [3.05, 3.63) is 35.4 Å². The Morgan fingerprint density at radius 1 is 1.45 bits per heavy atom. The third kappa shape index (κ3) is 4.05. The number of benzene rings is 1. The van der Waals surface area contributed by atoms with Crippen molar-refractivity contribution in [3.63, 3.8) is 0 Å². The summed E-state index contributed by atoms with van der Waals surface area (Å²) in [5.41, 5.74) is 1.50. The quantitative estimate of drug-likeness (QED) is 0.743. The second-order valence-electron chi connectivity index (χ2n) is 5.52. The van der Waals surface area contributed by atoms with E-state index in [0.717, 1.165) is 44.5 Å².